The summed E-state index contributed by atoms with van der Waals surface area (Å²) in [6.45, 7) is 0. The summed E-state index contributed by atoms with van der Waals surface area (Å²) in [6, 6.07) is 4.10. The Morgan fingerprint density at radius 2 is 2.27 bits per heavy atom. The van der Waals surface area contributed by atoms with Crippen LogP contribution in [0.2, 0.25) is 0 Å². The predicted molar refractivity (Wildman–Crippen MR) is 59.2 cm³/mol. The number of phenolic OH excluding ortho intramolecular Hbond substituents is 1. The first kappa shape index (κ1) is 11.9. The van der Waals surface area contributed by atoms with Crippen molar-refractivity contribution >= 4 is 17.7 Å². The third kappa shape index (κ3) is 3.14. The first-order chi connectivity index (χ1) is 7.04. The van der Waals surface area contributed by atoms with Crippen LogP contribution in [0.3, 0.4) is 0 Å². The fourth-order valence-corrected chi connectivity index (χ4v) is 1.64. The SMILES string of the molecule is CSc1ccc(O)c(CC(N)C(=O)O)c1. The molecule has 0 aliphatic rings. The van der Waals surface area contributed by atoms with Crippen LogP contribution in [-0.2, 0) is 11.2 Å². The number of aromatic hydroxyl groups is 1. The molecule has 4 N–H and O–H groups in total. The van der Waals surface area contributed by atoms with E-state index in [4.69, 9.17) is 10.8 Å². The Bertz CT molecular complexity index is 368. The van der Waals surface area contributed by atoms with E-state index in [0.29, 0.717) is 5.56 Å². The van der Waals surface area contributed by atoms with Gasteiger partial charge in [-0.2, -0.15) is 0 Å². The van der Waals surface area contributed by atoms with Crippen LogP contribution in [0.5, 0.6) is 5.75 Å². The normalized spacial score (nSPS) is 12.4. The maximum Gasteiger partial charge on any atom is 0.320 e. The lowest BCUT2D eigenvalue weighted by Gasteiger charge is -2.09. The molecule has 1 aromatic rings. The number of nitrogens with two attached hydrogens (primary N) is 1. The minimum Gasteiger partial charge on any atom is -0.508 e. The van der Waals surface area contributed by atoms with Crippen molar-refractivity contribution in [1.82, 2.24) is 0 Å². The first-order valence-corrected chi connectivity index (χ1v) is 5.61. The molecule has 0 aromatic heterocycles. The largest absolute Gasteiger partial charge is 0.508 e. The average Bonchev–Trinajstić information content (AvgIpc) is 2.21. The van der Waals surface area contributed by atoms with Gasteiger partial charge >= 0.3 is 5.97 Å². The second kappa shape index (κ2) is 5.04. The Kier molecular flexibility index (Phi) is 3.99. The molecule has 0 bridgehead atoms. The molecule has 4 nitrogen and oxygen atoms in total. The minimum absolute atomic E-state index is 0.0875. The Morgan fingerprint density at radius 3 is 2.80 bits per heavy atom. The monoisotopic (exact) mass is 227 g/mol. The summed E-state index contributed by atoms with van der Waals surface area (Å²) in [7, 11) is 0. The Morgan fingerprint density at radius 1 is 1.60 bits per heavy atom. The molecule has 0 fully saturated rings. The molecule has 5 heteroatoms. The van der Waals surface area contributed by atoms with Crippen molar-refractivity contribution in [2.24, 2.45) is 5.73 Å². The molecular formula is C10H13NO3S. The maximum absolute atomic E-state index is 10.6. The highest BCUT2D eigenvalue weighted by molar-refractivity contribution is 7.98. The van der Waals surface area contributed by atoms with Gasteiger partial charge in [-0.05, 0) is 30.0 Å². The van der Waals surface area contributed by atoms with Crippen molar-refractivity contribution in [3.05, 3.63) is 23.8 Å². The number of carboxylic acid groups (broad SMARTS) is 1. The molecule has 1 aromatic carbocycles. The molecule has 0 saturated heterocycles. The molecule has 0 saturated carbocycles. The van der Waals surface area contributed by atoms with Gasteiger partial charge in [-0.3, -0.25) is 4.79 Å². The lowest BCUT2D eigenvalue weighted by Crippen LogP contribution is -2.32. The van der Waals surface area contributed by atoms with Crippen molar-refractivity contribution in [3.8, 4) is 5.75 Å². The zero-order valence-corrected chi connectivity index (χ0v) is 9.12. The molecule has 0 aliphatic heterocycles. The van der Waals surface area contributed by atoms with E-state index >= 15 is 0 Å². The highest BCUT2D eigenvalue weighted by atomic mass is 32.2. The van der Waals surface area contributed by atoms with Crippen LogP contribution < -0.4 is 5.73 Å². The van der Waals surface area contributed by atoms with Crippen molar-refractivity contribution < 1.29 is 15.0 Å². The third-order valence-corrected chi connectivity index (χ3v) is 2.77. The quantitative estimate of drug-likeness (QED) is 0.670. The van der Waals surface area contributed by atoms with E-state index in [1.54, 1.807) is 18.2 Å². The Balaban J connectivity index is 2.88. The summed E-state index contributed by atoms with van der Waals surface area (Å²) in [6.07, 6.45) is 2.04. The number of benzene rings is 1. The summed E-state index contributed by atoms with van der Waals surface area (Å²) in [4.78, 5) is 11.5. The van der Waals surface area contributed by atoms with Crippen molar-refractivity contribution in [2.75, 3.05) is 6.26 Å². The summed E-state index contributed by atoms with van der Waals surface area (Å²) in [5, 5.41) is 18.2. The van der Waals surface area contributed by atoms with Crippen LogP contribution in [0.1, 0.15) is 5.56 Å². The summed E-state index contributed by atoms with van der Waals surface area (Å²) in [5.74, 6) is -0.978. The molecule has 0 aliphatic carbocycles. The van der Waals surface area contributed by atoms with Crippen LogP contribution in [0.25, 0.3) is 0 Å². The van der Waals surface area contributed by atoms with Gasteiger partial charge in [0.05, 0.1) is 0 Å². The topological polar surface area (TPSA) is 83.5 Å². The lowest BCUT2D eigenvalue weighted by atomic mass is 10.1. The summed E-state index contributed by atoms with van der Waals surface area (Å²) in [5.41, 5.74) is 5.96. The van der Waals surface area contributed by atoms with Crippen molar-refractivity contribution in [1.29, 1.82) is 0 Å². The summed E-state index contributed by atoms with van der Waals surface area (Å²) < 4.78 is 0. The van der Waals surface area contributed by atoms with Gasteiger partial charge in [-0.1, -0.05) is 0 Å². The Hall–Kier alpha value is -1.20. The molecule has 0 spiro atoms. The number of carbonyl (C=O) groups is 1. The van der Waals surface area contributed by atoms with E-state index in [-0.39, 0.29) is 12.2 Å². The molecule has 0 heterocycles. The molecule has 82 valence electrons. The minimum atomic E-state index is -1.07. The first-order valence-electron chi connectivity index (χ1n) is 4.39. The van der Waals surface area contributed by atoms with E-state index in [9.17, 15) is 9.90 Å². The number of carboxylic acids is 1. The highest BCUT2D eigenvalue weighted by Crippen LogP contribution is 2.24. The average molecular weight is 227 g/mol. The van der Waals surface area contributed by atoms with Gasteiger partial charge in [0.25, 0.3) is 0 Å². The molecule has 15 heavy (non-hydrogen) atoms. The summed E-state index contributed by atoms with van der Waals surface area (Å²) >= 11 is 1.53. The molecular weight excluding hydrogens is 214 g/mol. The van der Waals surface area contributed by atoms with Crippen LogP contribution in [0.4, 0.5) is 0 Å². The molecule has 0 amide bonds. The van der Waals surface area contributed by atoms with Crippen molar-refractivity contribution in [3.63, 3.8) is 0 Å². The second-order valence-electron chi connectivity index (χ2n) is 3.14. The number of hydrogen-bond donors (Lipinski definition) is 3. The van der Waals surface area contributed by atoms with E-state index in [1.807, 2.05) is 6.26 Å². The lowest BCUT2D eigenvalue weighted by molar-refractivity contribution is -0.138. The molecule has 0 radical (unpaired) electrons. The maximum atomic E-state index is 10.6. The highest BCUT2D eigenvalue weighted by Gasteiger charge is 2.14. The van der Waals surface area contributed by atoms with Gasteiger partial charge in [0.15, 0.2) is 0 Å². The number of phenols is 1. The fraction of sp³-hybridized carbons (Fsp3) is 0.300. The smallest absolute Gasteiger partial charge is 0.320 e. The fourth-order valence-electron chi connectivity index (χ4n) is 1.18. The molecule has 1 unspecified atom stereocenters. The zero-order chi connectivity index (χ0) is 11.4. The van der Waals surface area contributed by atoms with E-state index in [2.05, 4.69) is 0 Å². The Labute approximate surface area is 92.1 Å². The van der Waals surface area contributed by atoms with E-state index in [1.165, 1.54) is 11.8 Å². The van der Waals surface area contributed by atoms with Gasteiger partial charge in [-0.25, -0.2) is 0 Å². The van der Waals surface area contributed by atoms with Gasteiger partial charge in [-0.15, -0.1) is 11.8 Å². The van der Waals surface area contributed by atoms with Crippen LogP contribution >= 0.6 is 11.8 Å². The zero-order valence-electron chi connectivity index (χ0n) is 8.30. The van der Waals surface area contributed by atoms with Gasteiger partial charge < -0.3 is 15.9 Å². The number of rotatable bonds is 4. The number of thioether (sulfide) groups is 1. The van der Waals surface area contributed by atoms with Gasteiger partial charge in [0.2, 0.25) is 0 Å². The third-order valence-electron chi connectivity index (χ3n) is 2.04. The van der Waals surface area contributed by atoms with Crippen LogP contribution in [-0.4, -0.2) is 28.5 Å². The van der Waals surface area contributed by atoms with Crippen molar-refractivity contribution in [2.45, 2.75) is 17.4 Å². The van der Waals surface area contributed by atoms with E-state index in [0.717, 1.165) is 4.90 Å². The predicted octanol–water partition coefficient (Wildman–Crippen LogP) is 1.07. The molecule has 1 rings (SSSR count). The second-order valence-corrected chi connectivity index (χ2v) is 4.02. The number of hydrogen-bond acceptors (Lipinski definition) is 4. The number of aliphatic carboxylic acids is 1. The van der Waals surface area contributed by atoms with Gasteiger partial charge in [0.1, 0.15) is 11.8 Å². The van der Waals surface area contributed by atoms with Gasteiger partial charge in [0, 0.05) is 11.3 Å². The van der Waals surface area contributed by atoms with Crippen LogP contribution in [0, 0.1) is 0 Å². The van der Waals surface area contributed by atoms with E-state index < -0.39 is 12.0 Å². The standard InChI is InChI=1S/C10H13NO3S/c1-15-7-2-3-9(12)6(4-7)5-8(11)10(13)14/h2-4,8,12H,5,11H2,1H3,(H,13,14). The molecule has 1 atom stereocenters. The van der Waals surface area contributed by atoms with Crippen LogP contribution in [0.15, 0.2) is 23.1 Å².